The SMILES string of the molecule is Cc1nc2ccccc2c(C)c1C(=O)NCc1ccccc1. The zero-order valence-electron chi connectivity index (χ0n) is 12.8. The lowest BCUT2D eigenvalue weighted by Crippen LogP contribution is -2.25. The molecule has 0 fully saturated rings. The van der Waals surface area contributed by atoms with Crippen LogP contribution in [0.2, 0.25) is 0 Å². The second-order valence-corrected chi connectivity index (χ2v) is 5.38. The van der Waals surface area contributed by atoms with Crippen molar-refractivity contribution >= 4 is 16.8 Å². The molecule has 1 heterocycles. The lowest BCUT2D eigenvalue weighted by atomic mass is 10.0. The Kier molecular flexibility index (Phi) is 3.88. The van der Waals surface area contributed by atoms with E-state index in [1.165, 1.54) is 0 Å². The number of benzene rings is 2. The minimum atomic E-state index is -0.0721. The largest absolute Gasteiger partial charge is 0.348 e. The molecule has 0 unspecified atom stereocenters. The average Bonchev–Trinajstić information content (AvgIpc) is 2.54. The molecule has 0 atom stereocenters. The fourth-order valence-electron chi connectivity index (χ4n) is 2.73. The van der Waals surface area contributed by atoms with E-state index in [0.717, 1.165) is 27.7 Å². The van der Waals surface area contributed by atoms with Crippen LogP contribution >= 0.6 is 0 Å². The third kappa shape index (κ3) is 2.70. The molecule has 1 aromatic heterocycles. The summed E-state index contributed by atoms with van der Waals surface area (Å²) in [5.41, 5.74) is 4.43. The Labute approximate surface area is 130 Å². The van der Waals surface area contributed by atoms with Crippen molar-refractivity contribution in [3.8, 4) is 0 Å². The Morgan fingerprint density at radius 1 is 1.00 bits per heavy atom. The second kappa shape index (κ2) is 5.98. The van der Waals surface area contributed by atoms with Gasteiger partial charge in [-0.1, -0.05) is 48.5 Å². The molecular weight excluding hydrogens is 272 g/mol. The van der Waals surface area contributed by atoms with E-state index in [4.69, 9.17) is 0 Å². The molecule has 0 aliphatic carbocycles. The van der Waals surface area contributed by atoms with E-state index in [2.05, 4.69) is 10.3 Å². The normalized spacial score (nSPS) is 10.6. The summed E-state index contributed by atoms with van der Waals surface area (Å²) < 4.78 is 0. The molecule has 110 valence electrons. The topological polar surface area (TPSA) is 42.0 Å². The molecule has 1 amide bonds. The molecule has 0 saturated heterocycles. The lowest BCUT2D eigenvalue weighted by molar-refractivity contribution is 0.0949. The quantitative estimate of drug-likeness (QED) is 0.797. The van der Waals surface area contributed by atoms with E-state index in [1.54, 1.807) is 0 Å². The number of carbonyl (C=O) groups excluding carboxylic acids is 1. The number of para-hydroxylation sites is 1. The summed E-state index contributed by atoms with van der Waals surface area (Å²) in [6.07, 6.45) is 0. The molecule has 22 heavy (non-hydrogen) atoms. The van der Waals surface area contributed by atoms with Crippen LogP contribution in [-0.2, 0) is 6.54 Å². The Hall–Kier alpha value is -2.68. The Balaban J connectivity index is 1.90. The maximum absolute atomic E-state index is 12.6. The van der Waals surface area contributed by atoms with E-state index >= 15 is 0 Å². The van der Waals surface area contributed by atoms with Gasteiger partial charge in [-0.2, -0.15) is 0 Å². The Morgan fingerprint density at radius 3 is 2.45 bits per heavy atom. The maximum atomic E-state index is 12.6. The van der Waals surface area contributed by atoms with Gasteiger partial charge in [0.15, 0.2) is 0 Å². The molecule has 2 aromatic carbocycles. The summed E-state index contributed by atoms with van der Waals surface area (Å²) >= 11 is 0. The molecule has 0 bridgehead atoms. The van der Waals surface area contributed by atoms with Gasteiger partial charge in [-0.25, -0.2) is 0 Å². The highest BCUT2D eigenvalue weighted by atomic mass is 16.1. The van der Waals surface area contributed by atoms with Gasteiger partial charge in [0.25, 0.3) is 5.91 Å². The van der Waals surface area contributed by atoms with Crippen LogP contribution in [0.4, 0.5) is 0 Å². The molecule has 3 rings (SSSR count). The van der Waals surface area contributed by atoms with E-state index in [1.807, 2.05) is 68.4 Å². The molecule has 3 heteroatoms. The number of nitrogens with one attached hydrogen (secondary N) is 1. The molecule has 1 N–H and O–H groups in total. The standard InChI is InChI=1S/C19H18N2O/c1-13-16-10-6-7-11-17(16)21-14(2)18(13)19(22)20-12-15-8-4-3-5-9-15/h3-11H,12H2,1-2H3,(H,20,22). The van der Waals surface area contributed by atoms with E-state index in [-0.39, 0.29) is 5.91 Å². The molecule has 3 aromatic rings. The van der Waals surface area contributed by atoms with Gasteiger partial charge < -0.3 is 5.32 Å². The van der Waals surface area contributed by atoms with Crippen LogP contribution in [0.1, 0.15) is 27.2 Å². The number of amides is 1. The first kappa shape index (κ1) is 14.3. The predicted molar refractivity (Wildman–Crippen MR) is 88.8 cm³/mol. The molecule has 0 aliphatic rings. The third-order valence-corrected chi connectivity index (χ3v) is 3.86. The van der Waals surface area contributed by atoms with Crippen molar-refractivity contribution in [1.82, 2.24) is 10.3 Å². The van der Waals surface area contributed by atoms with Crippen LogP contribution in [0.15, 0.2) is 54.6 Å². The smallest absolute Gasteiger partial charge is 0.253 e. The van der Waals surface area contributed by atoms with Crippen LogP contribution in [0.5, 0.6) is 0 Å². The number of pyridine rings is 1. The first-order valence-corrected chi connectivity index (χ1v) is 7.35. The van der Waals surface area contributed by atoms with Crippen molar-refractivity contribution in [2.24, 2.45) is 0 Å². The summed E-state index contributed by atoms with van der Waals surface area (Å²) in [4.78, 5) is 17.1. The van der Waals surface area contributed by atoms with Gasteiger partial charge in [-0.15, -0.1) is 0 Å². The van der Waals surface area contributed by atoms with Gasteiger partial charge in [-0.3, -0.25) is 9.78 Å². The summed E-state index contributed by atoms with van der Waals surface area (Å²) in [5, 5.41) is 4.01. The van der Waals surface area contributed by atoms with Crippen molar-refractivity contribution in [2.75, 3.05) is 0 Å². The number of fused-ring (bicyclic) bond motifs is 1. The molecule has 0 radical (unpaired) electrons. The van der Waals surface area contributed by atoms with Gasteiger partial charge in [0.2, 0.25) is 0 Å². The van der Waals surface area contributed by atoms with Crippen LogP contribution in [0.25, 0.3) is 10.9 Å². The van der Waals surface area contributed by atoms with Gasteiger partial charge >= 0.3 is 0 Å². The predicted octanol–water partition coefficient (Wildman–Crippen LogP) is 3.78. The van der Waals surface area contributed by atoms with E-state index in [9.17, 15) is 4.79 Å². The number of nitrogens with zero attached hydrogens (tertiary/aromatic N) is 1. The fourth-order valence-corrected chi connectivity index (χ4v) is 2.73. The first-order valence-electron chi connectivity index (χ1n) is 7.35. The van der Waals surface area contributed by atoms with Crippen molar-refractivity contribution in [3.05, 3.63) is 77.0 Å². The van der Waals surface area contributed by atoms with E-state index in [0.29, 0.717) is 12.1 Å². The summed E-state index contributed by atoms with van der Waals surface area (Å²) in [7, 11) is 0. The number of hydrogen-bond donors (Lipinski definition) is 1. The van der Waals surface area contributed by atoms with Crippen molar-refractivity contribution in [2.45, 2.75) is 20.4 Å². The summed E-state index contributed by atoms with van der Waals surface area (Å²) in [6, 6.07) is 17.8. The minimum Gasteiger partial charge on any atom is -0.348 e. The summed E-state index contributed by atoms with van der Waals surface area (Å²) in [6.45, 7) is 4.39. The van der Waals surface area contributed by atoms with Crippen LogP contribution in [0, 0.1) is 13.8 Å². The lowest BCUT2D eigenvalue weighted by Gasteiger charge is -2.12. The Bertz CT molecular complexity index is 825. The van der Waals surface area contributed by atoms with Crippen LogP contribution < -0.4 is 5.32 Å². The van der Waals surface area contributed by atoms with Crippen molar-refractivity contribution in [1.29, 1.82) is 0 Å². The number of rotatable bonds is 3. The summed E-state index contributed by atoms with van der Waals surface area (Å²) in [5.74, 6) is -0.0721. The highest BCUT2D eigenvalue weighted by Gasteiger charge is 2.15. The Morgan fingerprint density at radius 2 is 1.68 bits per heavy atom. The number of carbonyl (C=O) groups is 1. The molecule has 3 nitrogen and oxygen atoms in total. The molecular formula is C19H18N2O. The van der Waals surface area contributed by atoms with Crippen LogP contribution in [-0.4, -0.2) is 10.9 Å². The fraction of sp³-hybridized carbons (Fsp3) is 0.158. The van der Waals surface area contributed by atoms with Gasteiger partial charge in [0, 0.05) is 11.9 Å². The minimum absolute atomic E-state index is 0.0721. The van der Waals surface area contributed by atoms with Gasteiger partial charge in [0.1, 0.15) is 0 Å². The van der Waals surface area contributed by atoms with Crippen molar-refractivity contribution in [3.63, 3.8) is 0 Å². The van der Waals surface area contributed by atoms with Gasteiger partial charge in [0.05, 0.1) is 16.8 Å². The van der Waals surface area contributed by atoms with Gasteiger partial charge in [-0.05, 0) is 31.0 Å². The highest BCUT2D eigenvalue weighted by molar-refractivity contribution is 6.01. The first-order chi connectivity index (χ1) is 10.7. The third-order valence-electron chi connectivity index (χ3n) is 3.86. The van der Waals surface area contributed by atoms with Crippen LogP contribution in [0.3, 0.4) is 0 Å². The average molecular weight is 290 g/mol. The number of aromatic nitrogens is 1. The van der Waals surface area contributed by atoms with E-state index < -0.39 is 0 Å². The molecule has 0 spiro atoms. The monoisotopic (exact) mass is 290 g/mol. The highest BCUT2D eigenvalue weighted by Crippen LogP contribution is 2.22. The zero-order valence-corrected chi connectivity index (χ0v) is 12.8. The second-order valence-electron chi connectivity index (χ2n) is 5.38. The number of aryl methyl sites for hydroxylation is 2. The molecule has 0 aliphatic heterocycles. The van der Waals surface area contributed by atoms with Crippen molar-refractivity contribution < 1.29 is 4.79 Å². The maximum Gasteiger partial charge on any atom is 0.253 e. The molecule has 0 saturated carbocycles. The zero-order chi connectivity index (χ0) is 15.5. The number of hydrogen-bond acceptors (Lipinski definition) is 2.